The fourth-order valence-corrected chi connectivity index (χ4v) is 2.61. The maximum atomic E-state index is 12.9. The summed E-state index contributed by atoms with van der Waals surface area (Å²) in [5.41, 5.74) is 0.390. The largest absolute Gasteiger partial charge is 0.435 e. The molecule has 3 aromatic rings. The Balaban J connectivity index is 2.18. The van der Waals surface area contributed by atoms with Gasteiger partial charge in [0.1, 0.15) is 0 Å². The summed E-state index contributed by atoms with van der Waals surface area (Å²) in [5.74, 6) is 0.361. The Morgan fingerprint density at radius 1 is 1.19 bits per heavy atom. The van der Waals surface area contributed by atoms with Crippen LogP contribution in [0.5, 0.6) is 0 Å². The molecule has 3 nitrogen and oxygen atoms in total. The number of hydrogen-bond donors (Lipinski definition) is 0. The van der Waals surface area contributed by atoms with Crippen molar-refractivity contribution in [1.82, 2.24) is 14.8 Å². The number of aromatic nitrogens is 3. The summed E-state index contributed by atoms with van der Waals surface area (Å²) < 4.78 is 40.0. The number of pyridine rings is 1. The topological polar surface area (TPSA) is 30.7 Å². The molecule has 0 aliphatic heterocycles. The van der Waals surface area contributed by atoms with Gasteiger partial charge in [0.2, 0.25) is 0 Å². The van der Waals surface area contributed by atoms with E-state index in [1.807, 2.05) is 12.3 Å². The van der Waals surface area contributed by atoms with Crippen LogP contribution in [0.4, 0.5) is 13.2 Å². The highest BCUT2D eigenvalue weighted by molar-refractivity contribution is 7.13. The lowest BCUT2D eigenvalue weighted by Crippen LogP contribution is -2.08. The normalized spacial score (nSPS) is 11.8. The van der Waals surface area contributed by atoms with Crippen LogP contribution in [-0.2, 0) is 6.18 Å². The predicted molar refractivity (Wildman–Crippen MR) is 74.4 cm³/mol. The van der Waals surface area contributed by atoms with E-state index >= 15 is 0 Å². The van der Waals surface area contributed by atoms with Crippen LogP contribution in [0.15, 0.2) is 41.9 Å². The van der Waals surface area contributed by atoms with Crippen LogP contribution in [0.25, 0.3) is 16.4 Å². The molecule has 0 unspecified atom stereocenters. The lowest BCUT2D eigenvalue weighted by Gasteiger charge is -2.05. The van der Waals surface area contributed by atoms with Crippen LogP contribution in [0, 0.1) is 6.92 Å². The van der Waals surface area contributed by atoms with Gasteiger partial charge < -0.3 is 0 Å². The van der Waals surface area contributed by atoms with Crippen molar-refractivity contribution < 1.29 is 13.2 Å². The van der Waals surface area contributed by atoms with Gasteiger partial charge in [0, 0.05) is 6.20 Å². The average Bonchev–Trinajstić information content (AvgIpc) is 3.07. The van der Waals surface area contributed by atoms with Crippen LogP contribution < -0.4 is 0 Å². The molecule has 0 saturated carbocycles. The third-order valence-electron chi connectivity index (χ3n) is 2.89. The second-order valence-corrected chi connectivity index (χ2v) is 5.44. The molecule has 0 fully saturated rings. The number of aryl methyl sites for hydroxylation is 1. The van der Waals surface area contributed by atoms with Crippen molar-refractivity contribution in [3.63, 3.8) is 0 Å². The standard InChI is InChI=1S/C14H10F3N3S/c1-9-4-5-13(18-8-9)20-10(11-3-2-6-21-11)7-12(19-20)14(15,16)17/h2-8H,1H3. The van der Waals surface area contributed by atoms with Gasteiger partial charge >= 0.3 is 6.18 Å². The third kappa shape index (κ3) is 2.69. The summed E-state index contributed by atoms with van der Waals surface area (Å²) in [5, 5.41) is 5.48. The van der Waals surface area contributed by atoms with E-state index in [2.05, 4.69) is 10.1 Å². The molecule has 0 N–H and O–H groups in total. The van der Waals surface area contributed by atoms with E-state index in [9.17, 15) is 13.2 Å². The average molecular weight is 309 g/mol. The van der Waals surface area contributed by atoms with Gasteiger partial charge in [-0.3, -0.25) is 0 Å². The predicted octanol–water partition coefficient (Wildman–Crippen LogP) is 4.32. The number of halogens is 3. The fourth-order valence-electron chi connectivity index (χ4n) is 1.88. The number of thiophene rings is 1. The molecule has 3 rings (SSSR count). The molecule has 3 aromatic heterocycles. The van der Waals surface area contributed by atoms with Gasteiger partial charge in [0.05, 0.1) is 10.6 Å². The van der Waals surface area contributed by atoms with E-state index in [0.717, 1.165) is 11.6 Å². The molecule has 0 bridgehead atoms. The Labute approximate surface area is 122 Å². The Kier molecular flexibility index (Phi) is 3.29. The van der Waals surface area contributed by atoms with Crippen LogP contribution in [0.1, 0.15) is 11.3 Å². The van der Waals surface area contributed by atoms with Crippen molar-refractivity contribution in [3.05, 3.63) is 53.2 Å². The molecule has 0 saturated heterocycles. The third-order valence-corrected chi connectivity index (χ3v) is 3.78. The lowest BCUT2D eigenvalue weighted by atomic mass is 10.3. The summed E-state index contributed by atoms with van der Waals surface area (Å²) in [4.78, 5) is 4.86. The molecule has 3 heterocycles. The van der Waals surface area contributed by atoms with Crippen molar-refractivity contribution >= 4 is 11.3 Å². The van der Waals surface area contributed by atoms with Gasteiger partial charge in [-0.2, -0.15) is 18.3 Å². The molecular weight excluding hydrogens is 299 g/mol. The zero-order valence-electron chi connectivity index (χ0n) is 10.9. The summed E-state index contributed by atoms with van der Waals surface area (Å²) in [6, 6.07) is 8.03. The minimum absolute atomic E-state index is 0.361. The molecule has 108 valence electrons. The van der Waals surface area contributed by atoms with Crippen LogP contribution in [0.2, 0.25) is 0 Å². The van der Waals surface area contributed by atoms with Gasteiger partial charge in [-0.25, -0.2) is 9.67 Å². The van der Waals surface area contributed by atoms with E-state index in [1.54, 1.807) is 30.5 Å². The van der Waals surface area contributed by atoms with Gasteiger partial charge in [0.25, 0.3) is 0 Å². The van der Waals surface area contributed by atoms with Gasteiger partial charge in [-0.05, 0) is 36.1 Å². The Bertz CT molecular complexity index is 743. The molecular formula is C14H10F3N3S. The summed E-state index contributed by atoms with van der Waals surface area (Å²) in [6.45, 7) is 1.86. The van der Waals surface area contributed by atoms with E-state index in [1.165, 1.54) is 16.0 Å². The first-order chi connectivity index (χ1) is 9.95. The molecule has 0 aliphatic carbocycles. The van der Waals surface area contributed by atoms with Crippen molar-refractivity contribution in [2.45, 2.75) is 13.1 Å². The van der Waals surface area contributed by atoms with Crippen molar-refractivity contribution in [1.29, 1.82) is 0 Å². The highest BCUT2D eigenvalue weighted by Gasteiger charge is 2.35. The number of rotatable bonds is 2. The summed E-state index contributed by atoms with van der Waals surface area (Å²) in [7, 11) is 0. The molecule has 0 amide bonds. The maximum Gasteiger partial charge on any atom is 0.435 e. The van der Waals surface area contributed by atoms with Crippen LogP contribution in [0.3, 0.4) is 0 Å². The first-order valence-electron chi connectivity index (χ1n) is 6.09. The van der Waals surface area contributed by atoms with Gasteiger partial charge in [-0.15, -0.1) is 11.3 Å². The summed E-state index contributed by atoms with van der Waals surface area (Å²) in [6.07, 6.45) is -2.88. The molecule has 0 aliphatic rings. The van der Waals surface area contributed by atoms with Crippen molar-refractivity contribution in [2.24, 2.45) is 0 Å². The molecule has 0 spiro atoms. The van der Waals surface area contributed by atoms with E-state index in [-0.39, 0.29) is 0 Å². The zero-order chi connectivity index (χ0) is 15.0. The second-order valence-electron chi connectivity index (χ2n) is 4.50. The molecule has 7 heteroatoms. The monoisotopic (exact) mass is 309 g/mol. The Morgan fingerprint density at radius 3 is 2.57 bits per heavy atom. The molecule has 0 radical (unpaired) electrons. The van der Waals surface area contributed by atoms with Crippen molar-refractivity contribution in [3.8, 4) is 16.4 Å². The second kappa shape index (κ2) is 5.00. The SMILES string of the molecule is Cc1ccc(-n2nc(C(F)(F)F)cc2-c2cccs2)nc1. The van der Waals surface area contributed by atoms with E-state index in [4.69, 9.17) is 0 Å². The zero-order valence-corrected chi connectivity index (χ0v) is 11.7. The Hall–Kier alpha value is -2.15. The van der Waals surface area contributed by atoms with Gasteiger partial charge in [0.15, 0.2) is 11.5 Å². The molecule has 0 aromatic carbocycles. The first kappa shape index (κ1) is 13.8. The van der Waals surface area contributed by atoms with Crippen LogP contribution >= 0.6 is 11.3 Å². The van der Waals surface area contributed by atoms with Crippen LogP contribution in [-0.4, -0.2) is 14.8 Å². The minimum Gasteiger partial charge on any atom is -0.237 e. The van der Waals surface area contributed by atoms with Gasteiger partial charge in [-0.1, -0.05) is 12.1 Å². The number of nitrogens with zero attached hydrogens (tertiary/aromatic N) is 3. The van der Waals surface area contributed by atoms with Crippen molar-refractivity contribution in [2.75, 3.05) is 0 Å². The number of alkyl halides is 3. The molecule has 0 atom stereocenters. The quantitative estimate of drug-likeness (QED) is 0.705. The Morgan fingerprint density at radius 2 is 2.00 bits per heavy atom. The molecule has 21 heavy (non-hydrogen) atoms. The smallest absolute Gasteiger partial charge is 0.237 e. The van der Waals surface area contributed by atoms with E-state index in [0.29, 0.717) is 16.4 Å². The maximum absolute atomic E-state index is 12.9. The van der Waals surface area contributed by atoms with E-state index < -0.39 is 11.9 Å². The fraction of sp³-hybridized carbons (Fsp3) is 0.143. The summed E-state index contributed by atoms with van der Waals surface area (Å²) >= 11 is 1.36. The highest BCUT2D eigenvalue weighted by atomic mass is 32.1. The first-order valence-corrected chi connectivity index (χ1v) is 6.97. The lowest BCUT2D eigenvalue weighted by molar-refractivity contribution is -0.141. The highest BCUT2D eigenvalue weighted by Crippen LogP contribution is 2.34. The minimum atomic E-state index is -4.48. The number of hydrogen-bond acceptors (Lipinski definition) is 3.